The Kier molecular flexibility index (Phi) is 3.00. The summed E-state index contributed by atoms with van der Waals surface area (Å²) in [5.74, 6) is -5.67. The maximum atomic E-state index is 13.0. The maximum absolute atomic E-state index is 13.0. The van der Waals surface area contributed by atoms with Gasteiger partial charge in [0.2, 0.25) is 0 Å². The fourth-order valence-corrected chi connectivity index (χ4v) is 1.04. The van der Waals surface area contributed by atoms with Gasteiger partial charge in [-0.2, -0.15) is 0 Å². The molecule has 0 spiro atoms. The van der Waals surface area contributed by atoms with Crippen molar-refractivity contribution in [2.45, 2.75) is 0 Å². The molecule has 1 aromatic rings. The van der Waals surface area contributed by atoms with Crippen LogP contribution in [0.25, 0.3) is 0 Å². The SMILES string of the molecule is COC(=O)c1c(F)c(F)cc(Cl)c1F. The summed E-state index contributed by atoms with van der Waals surface area (Å²) in [7, 11) is 0.917. The highest BCUT2D eigenvalue weighted by atomic mass is 35.5. The van der Waals surface area contributed by atoms with Gasteiger partial charge in [-0.05, 0) is 6.07 Å². The van der Waals surface area contributed by atoms with Crippen LogP contribution in [0.4, 0.5) is 13.2 Å². The average Bonchev–Trinajstić information content (AvgIpc) is 2.15. The summed E-state index contributed by atoms with van der Waals surface area (Å²) in [4.78, 5) is 10.8. The summed E-state index contributed by atoms with van der Waals surface area (Å²) in [5, 5.41) is -0.677. The molecule has 0 aliphatic heterocycles. The molecule has 0 atom stereocenters. The molecule has 2 nitrogen and oxygen atoms in total. The Morgan fingerprint density at radius 1 is 1.36 bits per heavy atom. The van der Waals surface area contributed by atoms with Gasteiger partial charge in [0.15, 0.2) is 17.5 Å². The van der Waals surface area contributed by atoms with Crippen LogP contribution in [0.15, 0.2) is 6.07 Å². The predicted molar refractivity (Wildman–Crippen MR) is 42.7 cm³/mol. The Morgan fingerprint density at radius 3 is 2.43 bits per heavy atom. The topological polar surface area (TPSA) is 26.3 Å². The molecule has 0 aromatic heterocycles. The molecule has 0 heterocycles. The molecular formula is C8H4ClF3O2. The van der Waals surface area contributed by atoms with Crippen LogP contribution in [0.3, 0.4) is 0 Å². The van der Waals surface area contributed by atoms with E-state index in [-0.39, 0.29) is 0 Å². The molecule has 76 valence electrons. The quantitative estimate of drug-likeness (QED) is 0.541. The lowest BCUT2D eigenvalue weighted by Crippen LogP contribution is -2.09. The summed E-state index contributed by atoms with van der Waals surface area (Å²) in [6.07, 6.45) is 0. The molecule has 0 amide bonds. The van der Waals surface area contributed by atoms with Crippen molar-refractivity contribution in [1.82, 2.24) is 0 Å². The molecule has 0 unspecified atom stereocenters. The predicted octanol–water partition coefficient (Wildman–Crippen LogP) is 2.54. The highest BCUT2D eigenvalue weighted by Crippen LogP contribution is 2.24. The number of methoxy groups -OCH3 is 1. The summed E-state index contributed by atoms with van der Waals surface area (Å²) >= 11 is 5.20. The number of hydrogen-bond acceptors (Lipinski definition) is 2. The molecule has 0 saturated heterocycles. The summed E-state index contributed by atoms with van der Waals surface area (Å²) in [6.45, 7) is 0. The van der Waals surface area contributed by atoms with E-state index in [1.54, 1.807) is 0 Å². The molecule has 14 heavy (non-hydrogen) atoms. The van der Waals surface area contributed by atoms with Crippen LogP contribution < -0.4 is 0 Å². The zero-order chi connectivity index (χ0) is 10.9. The number of rotatable bonds is 1. The van der Waals surface area contributed by atoms with Crippen molar-refractivity contribution in [2.24, 2.45) is 0 Å². The van der Waals surface area contributed by atoms with Crippen molar-refractivity contribution in [1.29, 1.82) is 0 Å². The minimum Gasteiger partial charge on any atom is -0.465 e. The second-order valence-corrected chi connectivity index (χ2v) is 2.74. The number of ether oxygens (including phenoxy) is 1. The molecule has 0 fully saturated rings. The molecule has 0 aliphatic rings. The first kappa shape index (κ1) is 10.8. The number of benzene rings is 1. The normalized spacial score (nSPS) is 10.1. The van der Waals surface area contributed by atoms with Gasteiger partial charge in [0.25, 0.3) is 0 Å². The van der Waals surface area contributed by atoms with Crippen molar-refractivity contribution < 1.29 is 22.7 Å². The fraction of sp³-hybridized carbons (Fsp3) is 0.125. The van der Waals surface area contributed by atoms with E-state index in [1.807, 2.05) is 0 Å². The van der Waals surface area contributed by atoms with Crippen LogP contribution in [0, 0.1) is 17.5 Å². The van der Waals surface area contributed by atoms with Crippen molar-refractivity contribution in [2.75, 3.05) is 7.11 Å². The van der Waals surface area contributed by atoms with Crippen molar-refractivity contribution in [3.8, 4) is 0 Å². The lowest BCUT2D eigenvalue weighted by Gasteiger charge is -2.04. The van der Waals surface area contributed by atoms with Gasteiger partial charge in [-0.25, -0.2) is 18.0 Å². The summed E-state index contributed by atoms with van der Waals surface area (Å²) in [5.41, 5.74) is -1.13. The van der Waals surface area contributed by atoms with Crippen molar-refractivity contribution in [3.63, 3.8) is 0 Å². The minimum absolute atomic E-state index is 0.443. The van der Waals surface area contributed by atoms with Gasteiger partial charge in [-0.15, -0.1) is 0 Å². The third kappa shape index (κ3) is 1.68. The van der Waals surface area contributed by atoms with E-state index in [1.165, 1.54) is 0 Å². The van der Waals surface area contributed by atoms with E-state index >= 15 is 0 Å². The molecule has 0 saturated carbocycles. The monoisotopic (exact) mass is 224 g/mol. The first-order chi connectivity index (χ1) is 6.49. The van der Waals surface area contributed by atoms with Crippen LogP contribution in [-0.2, 0) is 4.74 Å². The van der Waals surface area contributed by atoms with Crippen LogP contribution in [0.1, 0.15) is 10.4 Å². The zero-order valence-electron chi connectivity index (χ0n) is 6.91. The second-order valence-electron chi connectivity index (χ2n) is 2.33. The van der Waals surface area contributed by atoms with E-state index < -0.39 is 34.0 Å². The van der Waals surface area contributed by atoms with Crippen molar-refractivity contribution in [3.05, 3.63) is 34.1 Å². The standard InChI is InChI=1S/C8H4ClF3O2/c1-14-8(13)5-6(11)3(9)2-4(10)7(5)12/h2H,1H3. The molecule has 6 heteroatoms. The molecule has 1 rings (SSSR count). The Hall–Kier alpha value is -1.23. The molecule has 0 radical (unpaired) electrons. The molecule has 0 N–H and O–H groups in total. The molecule has 0 aliphatic carbocycles. The summed E-state index contributed by atoms with van der Waals surface area (Å²) < 4.78 is 42.7. The smallest absolute Gasteiger partial charge is 0.344 e. The lowest BCUT2D eigenvalue weighted by atomic mass is 10.2. The van der Waals surface area contributed by atoms with Gasteiger partial charge >= 0.3 is 5.97 Å². The number of carbonyl (C=O) groups excluding carboxylic acids is 1. The Bertz CT molecular complexity index is 366. The Labute approximate surface area is 82.2 Å². The number of esters is 1. The van der Waals surface area contributed by atoms with Gasteiger partial charge in [0.1, 0.15) is 5.56 Å². The summed E-state index contributed by atoms with van der Waals surface area (Å²) in [6, 6.07) is 0.443. The average molecular weight is 225 g/mol. The van der Waals surface area contributed by atoms with Crippen LogP contribution in [0.5, 0.6) is 0 Å². The van der Waals surface area contributed by atoms with Crippen LogP contribution >= 0.6 is 11.6 Å². The highest BCUT2D eigenvalue weighted by molar-refractivity contribution is 6.31. The third-order valence-corrected chi connectivity index (χ3v) is 1.78. The second kappa shape index (κ2) is 3.88. The van der Waals surface area contributed by atoms with Gasteiger partial charge < -0.3 is 4.74 Å². The van der Waals surface area contributed by atoms with Gasteiger partial charge in [0.05, 0.1) is 12.1 Å². The van der Waals surface area contributed by atoms with E-state index in [9.17, 15) is 18.0 Å². The van der Waals surface area contributed by atoms with E-state index in [0.717, 1.165) is 7.11 Å². The van der Waals surface area contributed by atoms with Gasteiger partial charge in [0, 0.05) is 0 Å². The van der Waals surface area contributed by atoms with E-state index in [0.29, 0.717) is 6.07 Å². The first-order valence-corrected chi connectivity index (χ1v) is 3.78. The number of carbonyl (C=O) groups is 1. The zero-order valence-corrected chi connectivity index (χ0v) is 7.66. The van der Waals surface area contributed by atoms with Gasteiger partial charge in [-0.3, -0.25) is 0 Å². The van der Waals surface area contributed by atoms with Crippen molar-refractivity contribution >= 4 is 17.6 Å². The molecule has 1 aromatic carbocycles. The molecular weight excluding hydrogens is 221 g/mol. The number of hydrogen-bond donors (Lipinski definition) is 0. The first-order valence-electron chi connectivity index (χ1n) is 3.40. The van der Waals surface area contributed by atoms with E-state index in [4.69, 9.17) is 11.6 Å². The van der Waals surface area contributed by atoms with E-state index in [2.05, 4.69) is 4.74 Å². The lowest BCUT2D eigenvalue weighted by molar-refractivity contribution is 0.0588. The number of halogens is 4. The highest BCUT2D eigenvalue weighted by Gasteiger charge is 2.24. The Morgan fingerprint density at radius 2 is 1.93 bits per heavy atom. The maximum Gasteiger partial charge on any atom is 0.344 e. The van der Waals surface area contributed by atoms with Crippen LogP contribution in [-0.4, -0.2) is 13.1 Å². The molecule has 0 bridgehead atoms. The third-order valence-electron chi connectivity index (χ3n) is 1.50. The fourth-order valence-electron chi connectivity index (χ4n) is 0.854. The minimum atomic E-state index is -1.61. The van der Waals surface area contributed by atoms with Gasteiger partial charge in [-0.1, -0.05) is 11.6 Å². The van der Waals surface area contributed by atoms with Crippen LogP contribution in [0.2, 0.25) is 5.02 Å². The largest absolute Gasteiger partial charge is 0.465 e. The Balaban J connectivity index is 3.47.